The second-order valence-electron chi connectivity index (χ2n) is 4.99. The molecule has 6 heteroatoms. The van der Waals surface area contributed by atoms with Gasteiger partial charge in [-0.25, -0.2) is 9.67 Å². The lowest BCUT2D eigenvalue weighted by molar-refractivity contribution is -0.136. The van der Waals surface area contributed by atoms with Crippen LogP contribution in [0.2, 0.25) is 0 Å². The van der Waals surface area contributed by atoms with Crippen LogP contribution in [0.15, 0.2) is 12.7 Å². The summed E-state index contributed by atoms with van der Waals surface area (Å²) in [5.41, 5.74) is 5.77. The minimum Gasteiger partial charge on any atom is -0.341 e. The maximum atomic E-state index is 12.4. The minimum atomic E-state index is -0.309. The summed E-state index contributed by atoms with van der Waals surface area (Å²) in [6.07, 6.45) is 6.35. The highest BCUT2D eigenvalue weighted by Crippen LogP contribution is 2.29. The fourth-order valence-corrected chi connectivity index (χ4v) is 2.79. The van der Waals surface area contributed by atoms with Gasteiger partial charge in [0.25, 0.3) is 0 Å². The van der Waals surface area contributed by atoms with Crippen LogP contribution in [-0.2, 0) is 4.79 Å². The summed E-state index contributed by atoms with van der Waals surface area (Å²) < 4.78 is 1.59. The van der Waals surface area contributed by atoms with Crippen molar-refractivity contribution in [3.8, 4) is 0 Å². The molecule has 3 unspecified atom stereocenters. The molecule has 0 bridgehead atoms. The zero-order valence-electron chi connectivity index (χ0n) is 11.0. The molecule has 1 aromatic rings. The molecule has 0 radical (unpaired) electrons. The van der Waals surface area contributed by atoms with E-state index in [4.69, 9.17) is 5.73 Å². The van der Waals surface area contributed by atoms with Crippen LogP contribution >= 0.6 is 0 Å². The number of nitrogens with zero attached hydrogens (tertiary/aromatic N) is 4. The van der Waals surface area contributed by atoms with Crippen LogP contribution in [0.4, 0.5) is 0 Å². The first-order valence-electron chi connectivity index (χ1n) is 6.46. The fourth-order valence-electron chi connectivity index (χ4n) is 2.79. The van der Waals surface area contributed by atoms with E-state index >= 15 is 0 Å². The van der Waals surface area contributed by atoms with Crippen molar-refractivity contribution in [1.82, 2.24) is 19.7 Å². The number of carbonyl (C=O) groups is 1. The van der Waals surface area contributed by atoms with Gasteiger partial charge in [0.1, 0.15) is 18.7 Å². The van der Waals surface area contributed by atoms with Gasteiger partial charge >= 0.3 is 0 Å². The Morgan fingerprint density at radius 1 is 1.61 bits per heavy atom. The Hall–Kier alpha value is -1.43. The van der Waals surface area contributed by atoms with E-state index in [0.29, 0.717) is 12.5 Å². The molecular formula is C12H21N5O. The Morgan fingerprint density at radius 2 is 2.39 bits per heavy atom. The molecule has 0 aromatic carbocycles. The number of carbonyl (C=O) groups excluding carboxylic acids is 1. The molecule has 2 N–H and O–H groups in total. The van der Waals surface area contributed by atoms with Gasteiger partial charge in [0.15, 0.2) is 0 Å². The third kappa shape index (κ3) is 2.38. The summed E-state index contributed by atoms with van der Waals surface area (Å²) >= 11 is 0. The van der Waals surface area contributed by atoms with Crippen LogP contribution in [0.25, 0.3) is 0 Å². The predicted molar refractivity (Wildman–Crippen MR) is 67.7 cm³/mol. The first kappa shape index (κ1) is 13.0. The van der Waals surface area contributed by atoms with Gasteiger partial charge in [0, 0.05) is 13.1 Å². The van der Waals surface area contributed by atoms with Crippen molar-refractivity contribution in [1.29, 1.82) is 0 Å². The van der Waals surface area contributed by atoms with Crippen LogP contribution in [0.5, 0.6) is 0 Å². The van der Waals surface area contributed by atoms with E-state index < -0.39 is 0 Å². The van der Waals surface area contributed by atoms with Gasteiger partial charge < -0.3 is 10.6 Å². The molecule has 0 saturated heterocycles. The Bertz CT molecular complexity index is 391. The summed E-state index contributed by atoms with van der Waals surface area (Å²) in [6, 6.07) is -0.0370. The van der Waals surface area contributed by atoms with Crippen molar-refractivity contribution in [3.05, 3.63) is 12.7 Å². The third-order valence-corrected chi connectivity index (χ3v) is 3.96. The molecule has 1 aliphatic carbocycles. The number of aromatic nitrogens is 3. The smallest absolute Gasteiger partial charge is 0.247 e. The second-order valence-corrected chi connectivity index (χ2v) is 4.99. The molecule has 6 nitrogen and oxygen atoms in total. The van der Waals surface area contributed by atoms with Gasteiger partial charge in [-0.1, -0.05) is 6.42 Å². The van der Waals surface area contributed by atoms with E-state index in [0.717, 1.165) is 19.3 Å². The van der Waals surface area contributed by atoms with Crippen molar-refractivity contribution in [2.45, 2.75) is 38.3 Å². The summed E-state index contributed by atoms with van der Waals surface area (Å²) in [5.74, 6) is 0.507. The quantitative estimate of drug-likeness (QED) is 0.841. The number of rotatable bonds is 4. The van der Waals surface area contributed by atoms with Gasteiger partial charge in [0.05, 0.1) is 0 Å². The molecule has 2 rings (SSSR count). The van der Waals surface area contributed by atoms with Crippen molar-refractivity contribution in [3.63, 3.8) is 0 Å². The summed E-state index contributed by atoms with van der Waals surface area (Å²) in [5, 5.41) is 4.02. The van der Waals surface area contributed by atoms with E-state index in [1.807, 2.05) is 18.9 Å². The normalized spacial score (nSPS) is 25.1. The topological polar surface area (TPSA) is 77.0 Å². The van der Waals surface area contributed by atoms with E-state index in [2.05, 4.69) is 10.1 Å². The molecule has 3 atom stereocenters. The number of hydrogen-bond donors (Lipinski definition) is 1. The molecule has 18 heavy (non-hydrogen) atoms. The molecule has 1 aromatic heterocycles. The molecule has 0 aliphatic heterocycles. The zero-order chi connectivity index (χ0) is 13.1. The van der Waals surface area contributed by atoms with Crippen LogP contribution < -0.4 is 5.73 Å². The van der Waals surface area contributed by atoms with Crippen LogP contribution in [0.1, 0.15) is 32.2 Å². The highest BCUT2D eigenvalue weighted by molar-refractivity contribution is 5.80. The number of hydrogen-bond acceptors (Lipinski definition) is 4. The van der Waals surface area contributed by atoms with Crippen LogP contribution in [0.3, 0.4) is 0 Å². The Kier molecular flexibility index (Phi) is 3.96. The lowest BCUT2D eigenvalue weighted by atomic mass is 10.0. The minimum absolute atomic E-state index is 0.0749. The standard InChI is InChI=1S/C12H21N5O/c1-9(17-8-14-7-15-17)12(18)16(2)11-5-3-4-10(11)6-13/h7-11H,3-6,13H2,1-2H3. The van der Waals surface area contributed by atoms with Crippen LogP contribution in [-0.4, -0.2) is 45.2 Å². The molecule has 1 amide bonds. The van der Waals surface area contributed by atoms with E-state index in [9.17, 15) is 4.79 Å². The SMILES string of the molecule is CC(C(=O)N(C)C1CCCC1CN)n1cncn1. The lowest BCUT2D eigenvalue weighted by Gasteiger charge is -2.31. The monoisotopic (exact) mass is 251 g/mol. The average molecular weight is 251 g/mol. The average Bonchev–Trinajstić information content (AvgIpc) is 3.05. The van der Waals surface area contributed by atoms with Gasteiger partial charge in [-0.3, -0.25) is 4.79 Å². The molecule has 1 saturated carbocycles. The Balaban J connectivity index is 2.04. The highest BCUT2D eigenvalue weighted by atomic mass is 16.2. The van der Waals surface area contributed by atoms with Gasteiger partial charge in [-0.05, 0) is 32.2 Å². The van der Waals surface area contributed by atoms with Gasteiger partial charge in [-0.15, -0.1) is 0 Å². The highest BCUT2D eigenvalue weighted by Gasteiger charge is 2.33. The molecule has 1 heterocycles. The van der Waals surface area contributed by atoms with Crippen LogP contribution in [0, 0.1) is 5.92 Å². The molecule has 1 aliphatic rings. The fraction of sp³-hybridized carbons (Fsp3) is 0.750. The third-order valence-electron chi connectivity index (χ3n) is 3.96. The second kappa shape index (κ2) is 5.48. The van der Waals surface area contributed by atoms with E-state index in [1.165, 1.54) is 6.33 Å². The Labute approximate surface area is 107 Å². The summed E-state index contributed by atoms with van der Waals surface area (Å²) in [4.78, 5) is 18.1. The molecule has 1 fully saturated rings. The summed E-state index contributed by atoms with van der Waals surface area (Å²) in [7, 11) is 1.87. The predicted octanol–water partition coefficient (Wildman–Crippen LogP) is 0.425. The molecular weight excluding hydrogens is 230 g/mol. The maximum absolute atomic E-state index is 12.4. The zero-order valence-corrected chi connectivity index (χ0v) is 11.0. The van der Waals surface area contributed by atoms with E-state index in [-0.39, 0.29) is 18.0 Å². The summed E-state index contributed by atoms with van der Waals surface area (Å²) in [6.45, 7) is 2.50. The largest absolute Gasteiger partial charge is 0.341 e. The van der Waals surface area contributed by atoms with Crippen molar-refractivity contribution >= 4 is 5.91 Å². The Morgan fingerprint density at radius 3 is 3.00 bits per heavy atom. The molecule has 0 spiro atoms. The first-order chi connectivity index (χ1) is 8.65. The van der Waals surface area contributed by atoms with E-state index in [1.54, 1.807) is 11.0 Å². The van der Waals surface area contributed by atoms with Crippen molar-refractivity contribution < 1.29 is 4.79 Å². The number of nitrogens with two attached hydrogens (primary N) is 1. The van der Waals surface area contributed by atoms with Gasteiger partial charge in [-0.2, -0.15) is 5.10 Å². The van der Waals surface area contributed by atoms with Crippen molar-refractivity contribution in [2.75, 3.05) is 13.6 Å². The molecule has 100 valence electrons. The lowest BCUT2D eigenvalue weighted by Crippen LogP contribution is -2.44. The van der Waals surface area contributed by atoms with Crippen molar-refractivity contribution in [2.24, 2.45) is 11.7 Å². The first-order valence-corrected chi connectivity index (χ1v) is 6.46. The van der Waals surface area contributed by atoms with Gasteiger partial charge in [0.2, 0.25) is 5.91 Å². The number of amides is 1. The maximum Gasteiger partial charge on any atom is 0.247 e. The number of likely N-dealkylation sites (N-methyl/N-ethyl adjacent to an activating group) is 1.